The van der Waals surface area contributed by atoms with Crippen LogP contribution in [-0.2, 0) is 0 Å². The zero-order chi connectivity index (χ0) is 18.4. The van der Waals surface area contributed by atoms with Crippen LogP contribution in [0.5, 0.6) is 0 Å². The van der Waals surface area contributed by atoms with E-state index >= 15 is 0 Å². The van der Waals surface area contributed by atoms with E-state index in [4.69, 9.17) is 0 Å². The molecule has 0 aliphatic heterocycles. The van der Waals surface area contributed by atoms with E-state index in [0.717, 1.165) is 0 Å². The third-order valence-electron chi connectivity index (χ3n) is 3.97. The van der Waals surface area contributed by atoms with Gasteiger partial charge in [0.15, 0.2) is 0 Å². The smallest absolute Gasteiger partial charge is 0.336 e. The van der Waals surface area contributed by atoms with Crippen LogP contribution in [0.15, 0.2) is 48.5 Å². The Kier molecular flexibility index (Phi) is 6.31. The quantitative estimate of drug-likeness (QED) is 0.722. The normalized spacial score (nSPS) is 13.1. The van der Waals surface area contributed by atoms with Crippen molar-refractivity contribution in [1.82, 2.24) is 5.32 Å². The van der Waals surface area contributed by atoms with Crippen LogP contribution in [0.1, 0.15) is 41.0 Å². The van der Waals surface area contributed by atoms with E-state index in [0.29, 0.717) is 29.7 Å². The highest BCUT2D eigenvalue weighted by Gasteiger charge is 2.18. The number of nitrogens with one attached hydrogen (secondary N) is 1. The molecule has 1 amide bonds. The van der Waals surface area contributed by atoms with Crippen LogP contribution in [0.4, 0.5) is 0 Å². The molecule has 5 heteroatoms. The second-order valence-electron chi connectivity index (χ2n) is 6.30. The molecule has 2 aromatic rings. The first-order valence-corrected chi connectivity index (χ1v) is 8.28. The molecule has 0 aliphatic carbocycles. The minimum absolute atomic E-state index is 0.141. The van der Waals surface area contributed by atoms with Crippen LogP contribution in [-0.4, -0.2) is 34.7 Å². The van der Waals surface area contributed by atoms with Gasteiger partial charge in [0.2, 0.25) is 0 Å². The van der Waals surface area contributed by atoms with Crippen molar-refractivity contribution in [3.05, 3.63) is 59.7 Å². The first-order chi connectivity index (χ1) is 11.9. The molecule has 2 rings (SSSR count). The van der Waals surface area contributed by atoms with Gasteiger partial charge in [0, 0.05) is 12.1 Å². The van der Waals surface area contributed by atoms with Crippen molar-refractivity contribution >= 4 is 11.9 Å². The number of carboxylic acid groups (broad SMARTS) is 1. The number of carbonyl (C=O) groups is 2. The lowest BCUT2D eigenvalue weighted by molar-refractivity contribution is 0.0697. The largest absolute Gasteiger partial charge is 0.478 e. The first kappa shape index (κ1) is 18.7. The second-order valence-corrected chi connectivity index (χ2v) is 6.30. The van der Waals surface area contributed by atoms with Crippen LogP contribution < -0.4 is 5.32 Å². The number of benzene rings is 2. The summed E-state index contributed by atoms with van der Waals surface area (Å²) >= 11 is 0. The Morgan fingerprint density at radius 2 is 1.48 bits per heavy atom. The van der Waals surface area contributed by atoms with Crippen molar-refractivity contribution in [2.45, 2.75) is 26.4 Å². The van der Waals surface area contributed by atoms with Crippen molar-refractivity contribution in [2.24, 2.45) is 5.92 Å². The molecule has 2 aromatic carbocycles. The monoisotopic (exact) mass is 341 g/mol. The number of rotatable bonds is 7. The molecule has 5 nitrogen and oxygen atoms in total. The molecule has 0 saturated heterocycles. The summed E-state index contributed by atoms with van der Waals surface area (Å²) in [4.78, 5) is 24.1. The lowest BCUT2D eigenvalue weighted by Gasteiger charge is -2.16. The highest BCUT2D eigenvalue weighted by atomic mass is 16.4. The molecule has 2 atom stereocenters. The maximum absolute atomic E-state index is 12.6. The van der Waals surface area contributed by atoms with E-state index in [1.807, 2.05) is 6.92 Å². The summed E-state index contributed by atoms with van der Waals surface area (Å²) in [5, 5.41) is 21.7. The minimum Gasteiger partial charge on any atom is -0.478 e. The van der Waals surface area contributed by atoms with E-state index in [9.17, 15) is 19.8 Å². The molecule has 0 aromatic heterocycles. The molecule has 0 bridgehead atoms. The van der Waals surface area contributed by atoms with Crippen molar-refractivity contribution < 1.29 is 19.8 Å². The van der Waals surface area contributed by atoms with E-state index in [1.165, 1.54) is 6.07 Å². The van der Waals surface area contributed by atoms with Gasteiger partial charge in [-0.1, -0.05) is 43.3 Å². The zero-order valence-corrected chi connectivity index (χ0v) is 14.4. The maximum atomic E-state index is 12.6. The van der Waals surface area contributed by atoms with Gasteiger partial charge in [0.25, 0.3) is 5.91 Å². The number of hydrogen-bond donors (Lipinski definition) is 3. The Labute approximate surface area is 147 Å². The van der Waals surface area contributed by atoms with Crippen molar-refractivity contribution in [1.29, 1.82) is 0 Å². The Balaban J connectivity index is 2.27. The van der Waals surface area contributed by atoms with E-state index in [-0.39, 0.29) is 17.4 Å². The lowest BCUT2D eigenvalue weighted by Crippen LogP contribution is -2.29. The van der Waals surface area contributed by atoms with E-state index in [1.54, 1.807) is 49.4 Å². The van der Waals surface area contributed by atoms with Crippen LogP contribution in [0.3, 0.4) is 0 Å². The van der Waals surface area contributed by atoms with Gasteiger partial charge in [-0.05, 0) is 42.5 Å². The van der Waals surface area contributed by atoms with E-state index < -0.39 is 12.1 Å². The molecule has 2 unspecified atom stereocenters. The van der Waals surface area contributed by atoms with Crippen molar-refractivity contribution in [3.8, 4) is 11.1 Å². The summed E-state index contributed by atoms with van der Waals surface area (Å²) in [6, 6.07) is 13.6. The summed E-state index contributed by atoms with van der Waals surface area (Å²) in [5.41, 5.74) is 1.68. The fraction of sp³-hybridized carbons (Fsp3) is 0.300. The Hall–Kier alpha value is -2.66. The van der Waals surface area contributed by atoms with Gasteiger partial charge in [-0.15, -0.1) is 0 Å². The van der Waals surface area contributed by atoms with Gasteiger partial charge in [0.1, 0.15) is 0 Å². The molecule has 0 fully saturated rings. The number of carboxylic acids is 1. The number of amides is 1. The lowest BCUT2D eigenvalue weighted by atomic mass is 9.95. The number of aromatic carboxylic acids is 1. The van der Waals surface area contributed by atoms with Gasteiger partial charge in [-0.25, -0.2) is 4.79 Å². The van der Waals surface area contributed by atoms with Crippen LogP contribution in [0, 0.1) is 5.92 Å². The predicted octanol–water partition coefficient (Wildman–Crippen LogP) is 3.19. The fourth-order valence-corrected chi connectivity index (χ4v) is 2.85. The van der Waals surface area contributed by atoms with Gasteiger partial charge in [-0.3, -0.25) is 4.79 Å². The summed E-state index contributed by atoms with van der Waals surface area (Å²) in [6.45, 7) is 4.12. The fourth-order valence-electron chi connectivity index (χ4n) is 2.85. The first-order valence-electron chi connectivity index (χ1n) is 8.28. The molecule has 25 heavy (non-hydrogen) atoms. The SMILES string of the molecule is CC(O)CC(C)CNC(=O)c1ccccc1-c1ccccc1C(=O)O. The predicted molar refractivity (Wildman–Crippen MR) is 96.6 cm³/mol. The summed E-state index contributed by atoms with van der Waals surface area (Å²) < 4.78 is 0. The molecule has 0 spiro atoms. The molecule has 3 N–H and O–H groups in total. The van der Waals surface area contributed by atoms with E-state index in [2.05, 4.69) is 5.32 Å². The summed E-state index contributed by atoms with van der Waals surface area (Å²) in [7, 11) is 0. The summed E-state index contributed by atoms with van der Waals surface area (Å²) in [6.07, 6.45) is 0.186. The highest BCUT2D eigenvalue weighted by molar-refractivity contribution is 6.04. The molecule has 132 valence electrons. The van der Waals surface area contributed by atoms with Gasteiger partial charge in [-0.2, -0.15) is 0 Å². The molecular formula is C20H23NO4. The molecule has 0 heterocycles. The molecule has 0 aliphatic rings. The van der Waals surface area contributed by atoms with Gasteiger partial charge >= 0.3 is 5.97 Å². The van der Waals surface area contributed by atoms with Gasteiger partial charge < -0.3 is 15.5 Å². The van der Waals surface area contributed by atoms with Crippen LogP contribution in [0.2, 0.25) is 0 Å². The average molecular weight is 341 g/mol. The Morgan fingerprint density at radius 1 is 0.960 bits per heavy atom. The Bertz CT molecular complexity index is 755. The summed E-state index contributed by atoms with van der Waals surface area (Å²) in [5.74, 6) is -1.15. The van der Waals surface area contributed by atoms with Crippen molar-refractivity contribution in [2.75, 3.05) is 6.54 Å². The van der Waals surface area contributed by atoms with Crippen LogP contribution >= 0.6 is 0 Å². The maximum Gasteiger partial charge on any atom is 0.336 e. The standard InChI is InChI=1S/C20H23NO4/c1-13(11-14(2)22)12-21-19(23)17-9-5-3-7-15(17)16-8-4-6-10-18(16)20(24)25/h3-10,13-14,22H,11-12H2,1-2H3,(H,21,23)(H,24,25). The number of aliphatic hydroxyl groups excluding tert-OH is 1. The minimum atomic E-state index is -1.03. The van der Waals surface area contributed by atoms with Crippen molar-refractivity contribution in [3.63, 3.8) is 0 Å². The Morgan fingerprint density at radius 3 is 2.04 bits per heavy atom. The highest BCUT2D eigenvalue weighted by Crippen LogP contribution is 2.27. The molecular weight excluding hydrogens is 318 g/mol. The second kappa shape index (κ2) is 8.44. The average Bonchev–Trinajstić information content (AvgIpc) is 2.59. The van der Waals surface area contributed by atoms with Crippen LogP contribution in [0.25, 0.3) is 11.1 Å². The number of carbonyl (C=O) groups excluding carboxylic acids is 1. The molecule has 0 saturated carbocycles. The number of aliphatic hydroxyl groups is 1. The molecule has 0 radical (unpaired) electrons. The third kappa shape index (κ3) is 4.90. The number of hydrogen-bond acceptors (Lipinski definition) is 3. The zero-order valence-electron chi connectivity index (χ0n) is 14.4. The third-order valence-corrected chi connectivity index (χ3v) is 3.97. The van der Waals surface area contributed by atoms with Gasteiger partial charge in [0.05, 0.1) is 11.7 Å². The topological polar surface area (TPSA) is 86.6 Å².